The molecule has 0 amide bonds. The maximum absolute atomic E-state index is 9.71. The summed E-state index contributed by atoms with van der Waals surface area (Å²) >= 11 is 0. The van der Waals surface area contributed by atoms with Crippen molar-refractivity contribution in [3.05, 3.63) is 0 Å². The van der Waals surface area contributed by atoms with Crippen molar-refractivity contribution in [3.63, 3.8) is 0 Å². The number of nitrogens with two attached hydrogens (primary N) is 1. The van der Waals surface area contributed by atoms with Gasteiger partial charge in [-0.05, 0) is 33.0 Å². The number of aliphatic hydroxyl groups is 1. The van der Waals surface area contributed by atoms with E-state index in [0.717, 1.165) is 13.1 Å². The van der Waals surface area contributed by atoms with Gasteiger partial charge in [0.25, 0.3) is 0 Å². The fourth-order valence-electron chi connectivity index (χ4n) is 2.51. The van der Waals surface area contributed by atoms with Crippen LogP contribution >= 0.6 is 0 Å². The summed E-state index contributed by atoms with van der Waals surface area (Å²) in [6.07, 6.45) is 0. The van der Waals surface area contributed by atoms with E-state index in [1.165, 1.54) is 0 Å². The lowest BCUT2D eigenvalue weighted by Gasteiger charge is -2.43. The Kier molecular flexibility index (Phi) is 7.37. The average Bonchev–Trinajstić information content (AvgIpc) is 2.22. The summed E-state index contributed by atoms with van der Waals surface area (Å²) in [7, 11) is 4.14. The molecule has 0 radical (unpaired) electrons. The van der Waals surface area contributed by atoms with Gasteiger partial charge in [0.2, 0.25) is 0 Å². The maximum atomic E-state index is 9.71. The second kappa shape index (κ2) is 7.43. The number of hydrogen-bond donors (Lipinski definition) is 2. The number of hydrogen-bond acceptors (Lipinski definition) is 4. The minimum absolute atomic E-state index is 0.00134. The van der Waals surface area contributed by atoms with E-state index in [4.69, 9.17) is 5.73 Å². The molecule has 3 N–H and O–H groups in total. The molecule has 0 saturated carbocycles. The van der Waals surface area contributed by atoms with E-state index in [0.29, 0.717) is 6.04 Å². The largest absolute Gasteiger partial charge is 0.395 e. The minimum atomic E-state index is -0.0351. The van der Waals surface area contributed by atoms with E-state index in [1.807, 2.05) is 0 Å². The van der Waals surface area contributed by atoms with Crippen molar-refractivity contribution < 1.29 is 5.11 Å². The lowest BCUT2D eigenvalue weighted by atomic mass is 9.82. The highest BCUT2D eigenvalue weighted by Crippen LogP contribution is 2.23. The van der Waals surface area contributed by atoms with Crippen LogP contribution in [0, 0.1) is 5.41 Å². The highest BCUT2D eigenvalue weighted by atomic mass is 16.3. The minimum Gasteiger partial charge on any atom is -0.395 e. The number of aliphatic hydroxyl groups excluding tert-OH is 1. The summed E-state index contributed by atoms with van der Waals surface area (Å²) < 4.78 is 0. The first kappa shape index (κ1) is 17.8. The normalized spacial score (nSPS) is 18.2. The molecule has 0 heterocycles. The molecule has 3 atom stereocenters. The van der Waals surface area contributed by atoms with E-state index in [2.05, 4.69) is 58.5 Å². The van der Waals surface area contributed by atoms with Crippen LogP contribution in [0.1, 0.15) is 34.6 Å². The molecule has 0 aliphatic heterocycles. The van der Waals surface area contributed by atoms with Crippen LogP contribution in [0.5, 0.6) is 0 Å². The van der Waals surface area contributed by atoms with Crippen molar-refractivity contribution in [2.45, 2.75) is 52.7 Å². The maximum Gasteiger partial charge on any atom is 0.0602 e. The van der Waals surface area contributed by atoms with Gasteiger partial charge < -0.3 is 15.7 Å². The first-order valence-electron chi connectivity index (χ1n) is 6.92. The van der Waals surface area contributed by atoms with Crippen molar-refractivity contribution >= 4 is 0 Å². The topological polar surface area (TPSA) is 52.7 Å². The third kappa shape index (κ3) is 5.22. The Labute approximate surface area is 113 Å². The summed E-state index contributed by atoms with van der Waals surface area (Å²) in [5.74, 6) is 0. The molecule has 0 saturated heterocycles. The molecular formula is C14H33N3O. The summed E-state index contributed by atoms with van der Waals surface area (Å²) in [5, 5.41) is 9.71. The predicted molar refractivity (Wildman–Crippen MR) is 78.7 cm³/mol. The first-order valence-corrected chi connectivity index (χ1v) is 6.92. The summed E-state index contributed by atoms with van der Waals surface area (Å²) in [5.41, 5.74) is 6.33. The Morgan fingerprint density at radius 3 is 2.00 bits per heavy atom. The molecule has 0 spiro atoms. The monoisotopic (exact) mass is 259 g/mol. The standard InChI is InChI=1S/C14H33N3O/c1-8-17(11(2)9-16(6)7)12(10-18)13(15)14(3,4)5/h11-13,18H,8-10,15H2,1-7H3. The molecule has 0 aliphatic rings. The van der Waals surface area contributed by atoms with Gasteiger partial charge in [0, 0.05) is 24.7 Å². The van der Waals surface area contributed by atoms with E-state index in [-0.39, 0.29) is 24.1 Å². The van der Waals surface area contributed by atoms with Crippen LogP contribution in [0.2, 0.25) is 0 Å². The Balaban J connectivity index is 4.87. The molecule has 0 rings (SSSR count). The van der Waals surface area contributed by atoms with Gasteiger partial charge in [-0.1, -0.05) is 27.7 Å². The second-order valence-electron chi connectivity index (χ2n) is 6.58. The van der Waals surface area contributed by atoms with Crippen LogP contribution in [0.25, 0.3) is 0 Å². The molecule has 0 aromatic heterocycles. The summed E-state index contributed by atoms with van der Waals surface area (Å²) in [4.78, 5) is 4.49. The number of nitrogens with zero attached hydrogens (tertiary/aromatic N) is 2. The van der Waals surface area contributed by atoms with Gasteiger partial charge in [0.15, 0.2) is 0 Å². The first-order chi connectivity index (χ1) is 8.15. The molecule has 0 aromatic rings. The van der Waals surface area contributed by atoms with E-state index in [1.54, 1.807) is 0 Å². The molecule has 4 heteroatoms. The van der Waals surface area contributed by atoms with Crippen LogP contribution in [-0.2, 0) is 0 Å². The van der Waals surface area contributed by atoms with Gasteiger partial charge in [0.1, 0.15) is 0 Å². The van der Waals surface area contributed by atoms with Gasteiger partial charge >= 0.3 is 0 Å². The zero-order chi connectivity index (χ0) is 14.5. The zero-order valence-electron chi connectivity index (χ0n) is 13.3. The van der Waals surface area contributed by atoms with Gasteiger partial charge in [-0.3, -0.25) is 4.90 Å². The SMILES string of the molecule is CCN(C(C)CN(C)C)C(CO)C(N)C(C)(C)C. The third-order valence-corrected chi connectivity index (χ3v) is 3.59. The van der Waals surface area contributed by atoms with Crippen molar-refractivity contribution in [1.29, 1.82) is 0 Å². The van der Waals surface area contributed by atoms with E-state index < -0.39 is 0 Å². The zero-order valence-corrected chi connectivity index (χ0v) is 13.3. The summed E-state index contributed by atoms with van der Waals surface area (Å²) in [6.45, 7) is 12.7. The lowest BCUT2D eigenvalue weighted by molar-refractivity contribution is 0.0413. The van der Waals surface area contributed by atoms with Crippen LogP contribution < -0.4 is 5.73 Å². The summed E-state index contributed by atoms with van der Waals surface area (Å²) in [6, 6.07) is 0.368. The van der Waals surface area contributed by atoms with Crippen LogP contribution in [-0.4, -0.2) is 66.8 Å². The van der Waals surface area contributed by atoms with Gasteiger partial charge in [0.05, 0.1) is 6.61 Å². The van der Waals surface area contributed by atoms with Crippen LogP contribution in [0.4, 0.5) is 0 Å². The second-order valence-corrected chi connectivity index (χ2v) is 6.58. The Morgan fingerprint density at radius 2 is 1.72 bits per heavy atom. The number of likely N-dealkylation sites (N-methyl/N-ethyl adjacent to an activating group) is 2. The third-order valence-electron chi connectivity index (χ3n) is 3.59. The lowest BCUT2D eigenvalue weighted by Crippen LogP contribution is -2.59. The molecule has 0 aromatic carbocycles. The molecule has 110 valence electrons. The van der Waals surface area contributed by atoms with Gasteiger partial charge in [-0.15, -0.1) is 0 Å². The Morgan fingerprint density at radius 1 is 1.22 bits per heavy atom. The van der Waals surface area contributed by atoms with Crippen molar-refractivity contribution in [2.75, 3.05) is 33.8 Å². The highest BCUT2D eigenvalue weighted by molar-refractivity contribution is 4.91. The van der Waals surface area contributed by atoms with Gasteiger partial charge in [-0.25, -0.2) is 0 Å². The molecule has 18 heavy (non-hydrogen) atoms. The van der Waals surface area contributed by atoms with Crippen molar-refractivity contribution in [1.82, 2.24) is 9.80 Å². The van der Waals surface area contributed by atoms with Crippen molar-refractivity contribution in [3.8, 4) is 0 Å². The van der Waals surface area contributed by atoms with E-state index in [9.17, 15) is 5.11 Å². The van der Waals surface area contributed by atoms with Crippen LogP contribution in [0.3, 0.4) is 0 Å². The number of rotatable bonds is 7. The molecular weight excluding hydrogens is 226 g/mol. The predicted octanol–water partition coefficient (Wildman–Crippen LogP) is 0.993. The molecule has 0 bridgehead atoms. The van der Waals surface area contributed by atoms with E-state index >= 15 is 0 Å². The average molecular weight is 259 g/mol. The molecule has 0 aliphatic carbocycles. The van der Waals surface area contributed by atoms with Crippen molar-refractivity contribution in [2.24, 2.45) is 11.1 Å². The molecule has 0 fully saturated rings. The smallest absolute Gasteiger partial charge is 0.0602 e. The van der Waals surface area contributed by atoms with Gasteiger partial charge in [-0.2, -0.15) is 0 Å². The van der Waals surface area contributed by atoms with Crippen LogP contribution in [0.15, 0.2) is 0 Å². The molecule has 4 nitrogen and oxygen atoms in total. The quantitative estimate of drug-likeness (QED) is 0.716. The fourth-order valence-corrected chi connectivity index (χ4v) is 2.51. The fraction of sp³-hybridized carbons (Fsp3) is 1.00. The Hall–Kier alpha value is -0.160. The Bertz CT molecular complexity index is 226. The molecule has 3 unspecified atom stereocenters. The highest BCUT2D eigenvalue weighted by Gasteiger charge is 2.33.